The van der Waals surface area contributed by atoms with E-state index < -0.39 is 0 Å². The van der Waals surface area contributed by atoms with Crippen LogP contribution in [0.1, 0.15) is 182 Å². The number of unbranched alkanes of at least 4 members (excludes halogenated alkanes) is 9. The number of ether oxygens (including phenoxy) is 2. The largest absolute Gasteiger partial charge is 0.465 e. The van der Waals surface area contributed by atoms with Gasteiger partial charge in [0.2, 0.25) is 0 Å². The van der Waals surface area contributed by atoms with E-state index in [-0.39, 0.29) is 17.9 Å². The summed E-state index contributed by atoms with van der Waals surface area (Å²) < 4.78 is 11.6. The van der Waals surface area contributed by atoms with Crippen molar-refractivity contribution in [1.29, 1.82) is 0 Å². The molecule has 1 fully saturated rings. The summed E-state index contributed by atoms with van der Waals surface area (Å²) in [5.74, 6) is 2.42. The van der Waals surface area contributed by atoms with Gasteiger partial charge in [0, 0.05) is 6.42 Å². The lowest BCUT2D eigenvalue weighted by molar-refractivity contribution is -0.154. The van der Waals surface area contributed by atoms with Crippen LogP contribution in [0.2, 0.25) is 0 Å². The summed E-state index contributed by atoms with van der Waals surface area (Å²) in [6, 6.07) is 0. The predicted molar refractivity (Wildman–Crippen MR) is 174 cm³/mol. The van der Waals surface area contributed by atoms with Crippen molar-refractivity contribution in [2.45, 2.75) is 182 Å². The van der Waals surface area contributed by atoms with Crippen LogP contribution in [0.4, 0.5) is 0 Å². The Morgan fingerprint density at radius 2 is 1.20 bits per heavy atom. The number of hydrogen-bond acceptors (Lipinski definition) is 4. The first-order valence-corrected chi connectivity index (χ1v) is 18.3. The molecule has 0 aliphatic heterocycles. The Labute approximate surface area is 255 Å². The zero-order valence-corrected chi connectivity index (χ0v) is 28.2. The predicted octanol–water partition coefficient (Wildman–Crippen LogP) is 11.2. The van der Waals surface area contributed by atoms with Crippen LogP contribution < -0.4 is 0 Å². The van der Waals surface area contributed by atoms with E-state index in [9.17, 15) is 9.59 Å². The second-order valence-corrected chi connectivity index (χ2v) is 13.3. The molecule has 4 heteroatoms. The van der Waals surface area contributed by atoms with Crippen molar-refractivity contribution in [3.8, 4) is 0 Å². The van der Waals surface area contributed by atoms with Crippen LogP contribution in [0.5, 0.6) is 0 Å². The summed E-state index contributed by atoms with van der Waals surface area (Å²) in [6.45, 7) is 12.3. The molecule has 1 aliphatic rings. The van der Waals surface area contributed by atoms with E-state index in [2.05, 4.69) is 34.6 Å². The maximum atomic E-state index is 13.3. The Kier molecular flexibility index (Phi) is 23.6. The number of carbonyl (C=O) groups is 2. The molecular weight excluding hydrogens is 508 g/mol. The molecule has 41 heavy (non-hydrogen) atoms. The van der Waals surface area contributed by atoms with Crippen LogP contribution in [-0.2, 0) is 19.1 Å². The van der Waals surface area contributed by atoms with Crippen LogP contribution >= 0.6 is 0 Å². The molecule has 0 radical (unpaired) electrons. The van der Waals surface area contributed by atoms with Crippen LogP contribution in [-0.4, -0.2) is 25.2 Å². The maximum Gasteiger partial charge on any atom is 0.309 e. The Hall–Kier alpha value is -1.06. The highest BCUT2D eigenvalue weighted by Crippen LogP contribution is 2.40. The van der Waals surface area contributed by atoms with E-state index in [1.807, 2.05) is 0 Å². The van der Waals surface area contributed by atoms with Gasteiger partial charge in [-0.15, -0.1) is 0 Å². The van der Waals surface area contributed by atoms with Gasteiger partial charge < -0.3 is 9.47 Å². The summed E-state index contributed by atoms with van der Waals surface area (Å²) in [4.78, 5) is 25.5. The summed E-state index contributed by atoms with van der Waals surface area (Å²) in [5.41, 5.74) is 0. The van der Waals surface area contributed by atoms with Crippen LogP contribution in [0.15, 0.2) is 0 Å². The lowest BCUT2D eigenvalue weighted by atomic mass is 9.71. The first-order valence-electron chi connectivity index (χ1n) is 18.3. The SMILES string of the molecule is CCCCCCC1CCC(CCCCCCCC(=O)OCC(CC)CCCC)CC1C(=O)OCC(CC)CCCC. The Morgan fingerprint density at radius 1 is 0.634 bits per heavy atom. The number of esters is 2. The molecule has 0 heterocycles. The average Bonchev–Trinajstić information content (AvgIpc) is 2.99. The Morgan fingerprint density at radius 3 is 1.83 bits per heavy atom. The van der Waals surface area contributed by atoms with Crippen molar-refractivity contribution < 1.29 is 19.1 Å². The van der Waals surface area contributed by atoms with E-state index in [0.717, 1.165) is 32.1 Å². The van der Waals surface area contributed by atoms with Gasteiger partial charge in [0.25, 0.3) is 0 Å². The van der Waals surface area contributed by atoms with Gasteiger partial charge in [0.15, 0.2) is 0 Å². The van der Waals surface area contributed by atoms with E-state index in [0.29, 0.717) is 43.3 Å². The minimum Gasteiger partial charge on any atom is -0.465 e. The fraction of sp³-hybridized carbons (Fsp3) is 0.946. The van der Waals surface area contributed by atoms with E-state index >= 15 is 0 Å². The van der Waals surface area contributed by atoms with Gasteiger partial charge in [0.05, 0.1) is 19.1 Å². The molecule has 5 unspecified atom stereocenters. The van der Waals surface area contributed by atoms with Crippen molar-refractivity contribution >= 4 is 11.9 Å². The molecule has 0 spiro atoms. The molecular formula is C37H70O4. The number of rotatable bonds is 26. The molecule has 0 aromatic rings. The minimum atomic E-state index is -0.0139. The van der Waals surface area contributed by atoms with Crippen molar-refractivity contribution in [2.75, 3.05) is 13.2 Å². The molecule has 0 bridgehead atoms. The second-order valence-electron chi connectivity index (χ2n) is 13.3. The third kappa shape index (κ3) is 18.3. The lowest BCUT2D eigenvalue weighted by Gasteiger charge is -2.35. The summed E-state index contributed by atoms with van der Waals surface area (Å²) in [7, 11) is 0. The molecule has 5 atom stereocenters. The first kappa shape index (κ1) is 38.0. The molecule has 0 N–H and O–H groups in total. The Balaban J connectivity index is 2.36. The highest BCUT2D eigenvalue weighted by Gasteiger charge is 2.35. The standard InChI is InChI=1S/C37H70O4/c1-6-11-14-19-24-34-27-26-33(28-35(34)37(39)41-30-32(10-5)22-13-8-3)23-18-16-15-17-20-25-36(38)40-29-31(9-4)21-12-7-2/h31-35H,6-30H2,1-5H3. The molecule has 4 nitrogen and oxygen atoms in total. The Bertz CT molecular complexity index is 632. The lowest BCUT2D eigenvalue weighted by Crippen LogP contribution is -2.33. The third-order valence-electron chi connectivity index (χ3n) is 9.85. The van der Waals surface area contributed by atoms with Crippen LogP contribution in [0, 0.1) is 29.6 Å². The highest BCUT2D eigenvalue weighted by atomic mass is 16.5. The van der Waals surface area contributed by atoms with Crippen LogP contribution in [0.25, 0.3) is 0 Å². The second kappa shape index (κ2) is 25.4. The zero-order chi connectivity index (χ0) is 30.1. The van der Waals surface area contributed by atoms with Crippen molar-refractivity contribution in [1.82, 2.24) is 0 Å². The maximum absolute atomic E-state index is 13.3. The van der Waals surface area contributed by atoms with Crippen molar-refractivity contribution in [3.05, 3.63) is 0 Å². The highest BCUT2D eigenvalue weighted by molar-refractivity contribution is 5.73. The normalized spacial score (nSPS) is 20.5. The van der Waals surface area contributed by atoms with E-state index in [4.69, 9.17) is 9.47 Å². The smallest absolute Gasteiger partial charge is 0.309 e. The topological polar surface area (TPSA) is 52.6 Å². The molecule has 242 valence electrons. The quantitative estimate of drug-likeness (QED) is 0.0756. The van der Waals surface area contributed by atoms with E-state index in [1.165, 1.54) is 109 Å². The summed E-state index contributed by atoms with van der Waals surface area (Å²) >= 11 is 0. The average molecular weight is 579 g/mol. The first-order chi connectivity index (χ1) is 20.0. The molecule has 1 saturated carbocycles. The molecule has 0 amide bonds. The van der Waals surface area contributed by atoms with Gasteiger partial charge in [-0.3, -0.25) is 9.59 Å². The van der Waals surface area contributed by atoms with Crippen LogP contribution in [0.3, 0.4) is 0 Å². The van der Waals surface area contributed by atoms with Crippen molar-refractivity contribution in [2.24, 2.45) is 29.6 Å². The van der Waals surface area contributed by atoms with Gasteiger partial charge in [-0.1, -0.05) is 137 Å². The van der Waals surface area contributed by atoms with Crippen molar-refractivity contribution in [3.63, 3.8) is 0 Å². The monoisotopic (exact) mass is 579 g/mol. The summed E-state index contributed by atoms with van der Waals surface area (Å²) in [6.07, 6.45) is 26.7. The molecule has 1 aliphatic carbocycles. The van der Waals surface area contributed by atoms with E-state index in [1.54, 1.807) is 0 Å². The zero-order valence-electron chi connectivity index (χ0n) is 28.2. The fourth-order valence-corrected chi connectivity index (χ4v) is 6.67. The van der Waals surface area contributed by atoms with Gasteiger partial charge in [-0.2, -0.15) is 0 Å². The summed E-state index contributed by atoms with van der Waals surface area (Å²) in [5, 5.41) is 0. The molecule has 0 aromatic heterocycles. The number of hydrogen-bond donors (Lipinski definition) is 0. The minimum absolute atomic E-state index is 0.0139. The fourth-order valence-electron chi connectivity index (χ4n) is 6.67. The number of carbonyl (C=O) groups excluding carboxylic acids is 2. The molecule has 0 saturated heterocycles. The van der Waals surface area contributed by atoms with Gasteiger partial charge in [-0.25, -0.2) is 0 Å². The molecule has 1 rings (SSSR count). The third-order valence-corrected chi connectivity index (χ3v) is 9.85. The van der Waals surface area contributed by atoms with Gasteiger partial charge >= 0.3 is 11.9 Å². The van der Waals surface area contributed by atoms with Gasteiger partial charge in [0.1, 0.15) is 0 Å². The molecule has 0 aromatic carbocycles. The van der Waals surface area contributed by atoms with Gasteiger partial charge in [-0.05, 0) is 62.2 Å².